The van der Waals surface area contributed by atoms with Crippen molar-refractivity contribution in [2.75, 3.05) is 0 Å². The highest BCUT2D eigenvalue weighted by molar-refractivity contribution is 9.11. The predicted molar refractivity (Wildman–Crippen MR) is 252 cm³/mol. The molecule has 0 spiro atoms. The molecular weight excluding hydrogens is 1310 g/mol. The minimum Gasteiger partial charge on any atom is -0.324 e. The molecule has 3 aromatic heterocycles. The van der Waals surface area contributed by atoms with Gasteiger partial charge in [-0.25, -0.2) is 29.9 Å². The van der Waals surface area contributed by atoms with Crippen LogP contribution >= 0.6 is 200 Å². The molecule has 8 bridgehead atoms. The fourth-order valence-corrected chi connectivity index (χ4v) is 12.4. The highest BCUT2D eigenvalue weighted by atomic mass is 79.9. The maximum Gasteiger partial charge on any atom is 0.166 e. The van der Waals surface area contributed by atoms with Gasteiger partial charge < -0.3 is 9.97 Å². The van der Waals surface area contributed by atoms with Crippen LogP contribution in [0.25, 0.3) is 89.7 Å². The average Bonchev–Trinajstić information content (AvgIpc) is 3.92. The van der Waals surface area contributed by atoms with E-state index >= 15 is 0 Å². The van der Waals surface area contributed by atoms with Gasteiger partial charge in [0.25, 0.3) is 0 Å². The number of hydrogen-bond donors (Lipinski definition) is 2. The molecule has 0 aliphatic carbocycles. The SMILES string of the molecule is Cc1c(Br)c(Cl)c2c3nc4nc(nc5[nH]c(nc6nc(nc([nH]3)c2c1Br)-c1c(Cl)c(Cl)c(Br)c(Cl)c1-6)c1c(Br)c(Cl)c(Br)c(Cl)c51)-c1c(Br)c(Cl)c(Cl)c(Cl)c1-4. The maximum atomic E-state index is 7.09. The van der Waals surface area contributed by atoms with Crippen LogP contribution in [0.1, 0.15) is 5.56 Å². The summed E-state index contributed by atoms with van der Waals surface area (Å²) in [6.45, 7) is 1.89. The molecule has 5 heterocycles. The van der Waals surface area contributed by atoms with Gasteiger partial charge in [0.15, 0.2) is 23.3 Å². The number of rotatable bonds is 0. The zero-order chi connectivity index (χ0) is 40.1. The van der Waals surface area contributed by atoms with Crippen LogP contribution in [-0.2, 0) is 0 Å². The van der Waals surface area contributed by atoms with Gasteiger partial charge in [0.1, 0.15) is 22.6 Å². The molecule has 8 nitrogen and oxygen atoms in total. The minimum absolute atomic E-state index is 0.0719. The van der Waals surface area contributed by atoms with Crippen LogP contribution < -0.4 is 0 Å². The number of H-pyrrole nitrogens is 2. The monoisotopic (exact) mass is 1300 g/mol. The fraction of sp³-hybridized carbons (Fsp3) is 0.0303. The lowest BCUT2D eigenvalue weighted by Crippen LogP contribution is -1.89. The van der Waals surface area contributed by atoms with E-state index in [9.17, 15) is 0 Å². The Bertz CT molecular complexity index is 2830. The van der Waals surface area contributed by atoms with Crippen LogP contribution in [0.15, 0.2) is 26.8 Å². The summed E-state index contributed by atoms with van der Waals surface area (Å²) < 4.78 is 2.81. The van der Waals surface area contributed by atoms with E-state index in [2.05, 4.69) is 106 Å². The lowest BCUT2D eigenvalue weighted by atomic mass is 10.1. The highest BCUT2D eigenvalue weighted by Gasteiger charge is 2.33. The average molecular weight is 1310 g/mol. The largest absolute Gasteiger partial charge is 0.324 e. The molecule has 23 heteroatoms. The smallest absolute Gasteiger partial charge is 0.166 e. The Morgan fingerprint density at radius 3 is 1.23 bits per heavy atom. The fourth-order valence-electron chi connectivity index (χ4n) is 6.38. The van der Waals surface area contributed by atoms with Crippen molar-refractivity contribution < 1.29 is 0 Å². The third kappa shape index (κ3) is 5.86. The van der Waals surface area contributed by atoms with Gasteiger partial charge in [0.05, 0.1) is 70.8 Å². The van der Waals surface area contributed by atoms with Gasteiger partial charge in [-0.15, -0.1) is 0 Å². The summed E-state index contributed by atoms with van der Waals surface area (Å²) >= 11 is 83.5. The zero-order valence-electron chi connectivity index (χ0n) is 26.4. The molecule has 4 aromatic carbocycles. The molecule has 2 N–H and O–H groups in total. The molecule has 0 amide bonds. The Labute approximate surface area is 408 Å². The van der Waals surface area contributed by atoms with Crippen molar-refractivity contribution in [2.24, 2.45) is 0 Å². The summed E-state index contributed by atoms with van der Waals surface area (Å²) in [6, 6.07) is 0. The summed E-state index contributed by atoms with van der Waals surface area (Å²) in [5.74, 6) is 0.510. The van der Waals surface area contributed by atoms with E-state index in [-0.39, 0.29) is 80.4 Å². The second-order valence-corrected chi connectivity index (χ2v) is 20.1. The van der Waals surface area contributed by atoms with Crippen molar-refractivity contribution in [3.8, 4) is 45.6 Å². The van der Waals surface area contributed by atoms with Crippen molar-refractivity contribution in [3.05, 3.63) is 77.6 Å². The van der Waals surface area contributed by atoms with Crippen LogP contribution in [0.3, 0.4) is 0 Å². The van der Waals surface area contributed by atoms with Gasteiger partial charge in [-0.3, -0.25) is 0 Å². The second-order valence-electron chi connectivity index (χ2n) is 11.9. The van der Waals surface area contributed by atoms with E-state index in [1.807, 2.05) is 6.92 Å². The standard InChI is InChI=1S/C33H5Br6Cl9N8/c1-2-11(34)3-6(17(40)12(2)35)29-49-26(3)50-33-10-9(19(42)16(39)24(47)20(10)43)32(56-33)54-27-4-7(18(41)15(38)22(45)13(4)36)30(51-27)52-28-5-8(31(53-28)55-29)21(44)25(48)23(46)14(5)37/h1H3,(H2,49,50,51,52,53,54,55,56). The molecule has 0 atom stereocenters. The van der Waals surface area contributed by atoms with Gasteiger partial charge in [0, 0.05) is 45.0 Å². The first-order valence-electron chi connectivity index (χ1n) is 15.0. The molecule has 282 valence electrons. The Hall–Kier alpha value is -0.270. The summed E-state index contributed by atoms with van der Waals surface area (Å²) in [7, 11) is 0. The van der Waals surface area contributed by atoms with E-state index in [1.54, 1.807) is 0 Å². The normalized spacial score (nSPS) is 12.3. The molecular formula is C33H5Br6Cl9N8. The lowest BCUT2D eigenvalue weighted by Gasteiger charge is -2.10. The number of benzene rings is 4. The first-order valence-corrected chi connectivity index (χ1v) is 23.2. The van der Waals surface area contributed by atoms with Crippen molar-refractivity contribution in [1.29, 1.82) is 0 Å². The third-order valence-electron chi connectivity index (χ3n) is 8.95. The van der Waals surface area contributed by atoms with Gasteiger partial charge in [0.2, 0.25) is 0 Å². The van der Waals surface area contributed by atoms with Crippen LogP contribution in [0.5, 0.6) is 0 Å². The number of nitrogens with one attached hydrogen (secondary N) is 2. The van der Waals surface area contributed by atoms with Crippen molar-refractivity contribution in [1.82, 2.24) is 39.9 Å². The Morgan fingerprint density at radius 1 is 0.321 bits per heavy atom. The van der Waals surface area contributed by atoms with Crippen molar-refractivity contribution in [2.45, 2.75) is 6.92 Å². The number of nitrogens with zero attached hydrogens (tertiary/aromatic N) is 6. The number of halogens is 15. The number of aromatic nitrogens is 8. The maximum absolute atomic E-state index is 7.09. The summed E-state index contributed by atoms with van der Waals surface area (Å²) in [4.78, 5) is 36.4. The van der Waals surface area contributed by atoms with Gasteiger partial charge in [-0.05, 0) is 108 Å². The van der Waals surface area contributed by atoms with Gasteiger partial charge in [-0.1, -0.05) is 104 Å². The van der Waals surface area contributed by atoms with E-state index < -0.39 is 0 Å². The summed E-state index contributed by atoms with van der Waals surface area (Å²) in [6.07, 6.45) is 0. The highest BCUT2D eigenvalue weighted by Crippen LogP contribution is 2.54. The molecule has 9 rings (SSSR count). The van der Waals surface area contributed by atoms with Crippen molar-refractivity contribution in [3.63, 3.8) is 0 Å². The third-order valence-corrected chi connectivity index (χ3v) is 19.4. The van der Waals surface area contributed by atoms with Gasteiger partial charge >= 0.3 is 0 Å². The van der Waals surface area contributed by atoms with E-state index in [4.69, 9.17) is 134 Å². The molecule has 2 aliphatic rings. The van der Waals surface area contributed by atoms with E-state index in [0.29, 0.717) is 81.3 Å². The molecule has 0 radical (unpaired) electrons. The van der Waals surface area contributed by atoms with E-state index in [1.165, 1.54) is 0 Å². The summed E-state index contributed by atoms with van der Waals surface area (Å²) in [5.41, 5.74) is 3.20. The summed E-state index contributed by atoms with van der Waals surface area (Å²) in [5, 5.41) is 3.49. The number of hydrogen-bond acceptors (Lipinski definition) is 6. The molecule has 0 saturated heterocycles. The minimum atomic E-state index is 0.0719. The molecule has 2 aliphatic heterocycles. The number of fused-ring (bicyclic) bond motifs is 20. The molecule has 0 unspecified atom stereocenters. The van der Waals surface area contributed by atoms with Crippen molar-refractivity contribution >= 4 is 244 Å². The van der Waals surface area contributed by atoms with Crippen LogP contribution in [0.4, 0.5) is 0 Å². The topological polar surface area (TPSA) is 109 Å². The zero-order valence-corrected chi connectivity index (χ0v) is 42.7. The van der Waals surface area contributed by atoms with Crippen LogP contribution in [0, 0.1) is 6.92 Å². The molecule has 0 saturated carbocycles. The Kier molecular flexibility index (Phi) is 10.8. The Balaban J connectivity index is 1.61. The van der Waals surface area contributed by atoms with Crippen LogP contribution in [-0.4, -0.2) is 39.9 Å². The second kappa shape index (κ2) is 14.7. The van der Waals surface area contributed by atoms with Gasteiger partial charge in [-0.2, -0.15) is 0 Å². The first-order chi connectivity index (χ1) is 26.4. The van der Waals surface area contributed by atoms with E-state index in [0.717, 1.165) is 5.56 Å². The first kappa shape index (κ1) is 41.1. The van der Waals surface area contributed by atoms with Crippen LogP contribution in [0.2, 0.25) is 45.2 Å². The molecule has 7 aromatic rings. The Morgan fingerprint density at radius 2 is 0.696 bits per heavy atom. The molecule has 56 heavy (non-hydrogen) atoms. The predicted octanol–water partition coefficient (Wildman–Crippen LogP) is 17.6. The quantitative estimate of drug-likeness (QED) is 0.116. The number of aromatic amines is 2. The molecule has 0 fully saturated rings. The lowest BCUT2D eigenvalue weighted by molar-refractivity contribution is 1.19.